The first kappa shape index (κ1) is 19.9. The van der Waals surface area contributed by atoms with Gasteiger partial charge in [-0.2, -0.15) is 0 Å². The predicted octanol–water partition coefficient (Wildman–Crippen LogP) is 6.07. The van der Waals surface area contributed by atoms with E-state index in [9.17, 15) is 4.79 Å². The van der Waals surface area contributed by atoms with Crippen LogP contribution in [0.15, 0.2) is 47.5 Å². The zero-order valence-electron chi connectivity index (χ0n) is 16.5. The maximum absolute atomic E-state index is 11.1. The van der Waals surface area contributed by atoms with Crippen LogP contribution in [-0.2, 0) is 6.42 Å². The van der Waals surface area contributed by atoms with E-state index in [2.05, 4.69) is 61.5 Å². The van der Waals surface area contributed by atoms with Crippen molar-refractivity contribution < 1.29 is 9.90 Å². The molecule has 0 saturated carbocycles. The number of hydrogen-bond acceptors (Lipinski definition) is 2. The largest absolute Gasteiger partial charge is 0.478 e. The minimum absolute atomic E-state index is 0.0745. The number of aromatic carboxylic acids is 1. The van der Waals surface area contributed by atoms with Gasteiger partial charge in [-0.3, -0.25) is 4.99 Å². The summed E-state index contributed by atoms with van der Waals surface area (Å²) in [5.41, 5.74) is 7.73. The Hall–Kier alpha value is -2.85. The molecule has 0 atom stereocenters. The summed E-state index contributed by atoms with van der Waals surface area (Å²) in [5, 5.41) is 9.26. The topological polar surface area (TPSA) is 54.6 Å². The van der Waals surface area contributed by atoms with Gasteiger partial charge in [-0.25, -0.2) is 4.79 Å². The van der Waals surface area contributed by atoms with Gasteiger partial charge < -0.3 is 9.67 Å². The van der Waals surface area contributed by atoms with Gasteiger partial charge in [0.25, 0.3) is 0 Å². The van der Waals surface area contributed by atoms with Gasteiger partial charge in [-0.1, -0.05) is 36.7 Å². The van der Waals surface area contributed by atoms with E-state index in [1.165, 1.54) is 22.9 Å². The van der Waals surface area contributed by atoms with Crippen LogP contribution in [0.1, 0.15) is 45.4 Å². The number of aliphatic imine (C=N–C) groups is 1. The minimum Gasteiger partial charge on any atom is -0.478 e. The van der Waals surface area contributed by atoms with E-state index in [-0.39, 0.29) is 10.6 Å². The summed E-state index contributed by atoms with van der Waals surface area (Å²) in [4.78, 5) is 15.6. The lowest BCUT2D eigenvalue weighted by molar-refractivity contribution is 0.0697. The summed E-state index contributed by atoms with van der Waals surface area (Å²) in [7, 11) is 0. The van der Waals surface area contributed by atoms with Gasteiger partial charge in [-0.05, 0) is 62.6 Å². The zero-order valence-corrected chi connectivity index (χ0v) is 17.2. The smallest absolute Gasteiger partial charge is 0.337 e. The van der Waals surface area contributed by atoms with E-state index in [1.807, 2.05) is 0 Å². The van der Waals surface area contributed by atoms with Gasteiger partial charge in [0.05, 0.1) is 22.0 Å². The molecule has 0 fully saturated rings. The Labute approximate surface area is 170 Å². The second-order valence-corrected chi connectivity index (χ2v) is 7.23. The van der Waals surface area contributed by atoms with E-state index < -0.39 is 5.97 Å². The maximum Gasteiger partial charge on any atom is 0.337 e. The average molecular weight is 395 g/mol. The van der Waals surface area contributed by atoms with Crippen molar-refractivity contribution >= 4 is 29.5 Å². The van der Waals surface area contributed by atoms with Gasteiger partial charge in [0, 0.05) is 23.2 Å². The molecule has 0 aliphatic rings. The van der Waals surface area contributed by atoms with Crippen LogP contribution >= 0.6 is 11.6 Å². The fourth-order valence-corrected chi connectivity index (χ4v) is 3.74. The maximum atomic E-state index is 11.1. The number of para-hydroxylation sites is 1. The highest BCUT2D eigenvalue weighted by molar-refractivity contribution is 6.33. The summed E-state index contributed by atoms with van der Waals surface area (Å²) in [5.74, 6) is -1.05. The molecule has 2 aromatic carbocycles. The number of carboxylic acids is 1. The third-order valence-corrected chi connectivity index (χ3v) is 5.24. The van der Waals surface area contributed by atoms with Crippen molar-refractivity contribution in [1.82, 2.24) is 4.57 Å². The molecule has 0 bridgehead atoms. The Bertz CT molecular complexity index is 1080. The van der Waals surface area contributed by atoms with Crippen LogP contribution in [0.25, 0.3) is 5.69 Å². The van der Waals surface area contributed by atoms with Crippen molar-refractivity contribution in [3.63, 3.8) is 0 Å². The highest BCUT2D eigenvalue weighted by Crippen LogP contribution is 2.27. The Morgan fingerprint density at radius 3 is 2.57 bits per heavy atom. The zero-order chi connectivity index (χ0) is 20.4. The molecule has 1 N–H and O–H groups in total. The Morgan fingerprint density at radius 2 is 1.93 bits per heavy atom. The monoisotopic (exact) mass is 394 g/mol. The average Bonchev–Trinajstić information content (AvgIpc) is 2.93. The number of carbonyl (C=O) groups is 1. The molecule has 4 nitrogen and oxygen atoms in total. The third-order valence-electron chi connectivity index (χ3n) is 4.93. The van der Waals surface area contributed by atoms with Crippen LogP contribution in [0.5, 0.6) is 0 Å². The van der Waals surface area contributed by atoms with Crippen molar-refractivity contribution in [3.05, 3.63) is 81.1 Å². The van der Waals surface area contributed by atoms with Gasteiger partial charge in [-0.15, -0.1) is 0 Å². The second kappa shape index (κ2) is 8.03. The first-order chi connectivity index (χ1) is 13.3. The Morgan fingerprint density at radius 1 is 1.18 bits per heavy atom. The SMILES string of the molecule is CCc1cccc(C)c1-n1c(C)cc(C=Nc2ccc(C(=O)O)c(Cl)c2)c1C. The number of aryl methyl sites for hydroxylation is 3. The summed E-state index contributed by atoms with van der Waals surface area (Å²) in [6.07, 6.45) is 2.76. The molecule has 3 rings (SSSR count). The van der Waals surface area contributed by atoms with Crippen LogP contribution in [0.4, 0.5) is 5.69 Å². The third kappa shape index (κ3) is 3.73. The fourth-order valence-electron chi connectivity index (χ4n) is 3.49. The van der Waals surface area contributed by atoms with Crippen molar-refractivity contribution in [2.24, 2.45) is 4.99 Å². The molecule has 3 aromatic rings. The van der Waals surface area contributed by atoms with Crippen molar-refractivity contribution in [3.8, 4) is 5.69 Å². The fraction of sp³-hybridized carbons (Fsp3) is 0.217. The highest BCUT2D eigenvalue weighted by atomic mass is 35.5. The molecule has 144 valence electrons. The number of benzene rings is 2. The molecule has 0 radical (unpaired) electrons. The van der Waals surface area contributed by atoms with E-state index in [0.29, 0.717) is 5.69 Å². The number of hydrogen-bond donors (Lipinski definition) is 1. The van der Waals surface area contributed by atoms with E-state index >= 15 is 0 Å². The molecule has 0 saturated heterocycles. The van der Waals surface area contributed by atoms with Crippen LogP contribution in [-0.4, -0.2) is 21.9 Å². The normalized spacial score (nSPS) is 11.3. The van der Waals surface area contributed by atoms with E-state index in [1.54, 1.807) is 18.3 Å². The molecule has 0 aliphatic carbocycles. The van der Waals surface area contributed by atoms with Gasteiger partial charge in [0.1, 0.15) is 0 Å². The lowest BCUT2D eigenvalue weighted by atomic mass is 10.1. The molecule has 0 aliphatic heterocycles. The summed E-state index contributed by atoms with van der Waals surface area (Å²) < 4.78 is 2.27. The van der Waals surface area contributed by atoms with Crippen LogP contribution < -0.4 is 0 Å². The quantitative estimate of drug-likeness (QED) is 0.534. The van der Waals surface area contributed by atoms with Gasteiger partial charge >= 0.3 is 5.97 Å². The summed E-state index contributed by atoms with van der Waals surface area (Å²) in [6, 6.07) is 13.2. The van der Waals surface area contributed by atoms with Crippen molar-refractivity contribution in [1.29, 1.82) is 0 Å². The molecule has 1 aromatic heterocycles. The first-order valence-corrected chi connectivity index (χ1v) is 9.56. The summed E-state index contributed by atoms with van der Waals surface area (Å²) in [6.45, 7) is 8.47. The number of halogens is 1. The van der Waals surface area contributed by atoms with Crippen LogP contribution in [0.3, 0.4) is 0 Å². The molecule has 0 unspecified atom stereocenters. The second-order valence-electron chi connectivity index (χ2n) is 6.83. The van der Waals surface area contributed by atoms with Crippen molar-refractivity contribution in [2.45, 2.75) is 34.1 Å². The first-order valence-electron chi connectivity index (χ1n) is 9.18. The number of aromatic nitrogens is 1. The van der Waals surface area contributed by atoms with Crippen LogP contribution in [0.2, 0.25) is 5.02 Å². The van der Waals surface area contributed by atoms with Crippen molar-refractivity contribution in [2.75, 3.05) is 0 Å². The predicted molar refractivity (Wildman–Crippen MR) is 115 cm³/mol. The number of rotatable bonds is 5. The van der Waals surface area contributed by atoms with E-state index in [4.69, 9.17) is 16.7 Å². The Kier molecular flexibility index (Phi) is 5.71. The molecule has 28 heavy (non-hydrogen) atoms. The summed E-state index contributed by atoms with van der Waals surface area (Å²) >= 11 is 6.04. The van der Waals surface area contributed by atoms with Gasteiger partial charge in [0.15, 0.2) is 0 Å². The number of nitrogens with zero attached hydrogens (tertiary/aromatic N) is 2. The van der Waals surface area contributed by atoms with E-state index in [0.717, 1.165) is 23.4 Å². The molecule has 0 spiro atoms. The van der Waals surface area contributed by atoms with Crippen LogP contribution in [0, 0.1) is 20.8 Å². The molecule has 5 heteroatoms. The van der Waals surface area contributed by atoms with Gasteiger partial charge in [0.2, 0.25) is 0 Å². The lowest BCUT2D eigenvalue weighted by Gasteiger charge is -2.17. The molecular weight excluding hydrogens is 372 g/mol. The molecule has 1 heterocycles. The molecular formula is C23H23ClN2O2. The standard InChI is InChI=1S/C23H23ClN2O2/c1-5-17-8-6-7-14(2)22(17)26-15(3)11-18(16(26)4)13-25-19-9-10-20(23(27)28)21(24)12-19/h6-13H,5H2,1-4H3,(H,27,28). The lowest BCUT2D eigenvalue weighted by Crippen LogP contribution is -2.05. The Balaban J connectivity index is 2.01. The minimum atomic E-state index is -1.05. The molecule has 0 amide bonds. The number of carboxylic acid groups (broad SMARTS) is 1. The highest BCUT2D eigenvalue weighted by Gasteiger charge is 2.14.